The minimum atomic E-state index is -3.59. The zero-order valence-electron chi connectivity index (χ0n) is 16.1. The highest BCUT2D eigenvalue weighted by Gasteiger charge is 2.20. The molecule has 6 nitrogen and oxygen atoms in total. The summed E-state index contributed by atoms with van der Waals surface area (Å²) in [5.74, 6) is -1.34. The van der Waals surface area contributed by atoms with Crippen LogP contribution in [0.4, 0.5) is 0 Å². The van der Waals surface area contributed by atoms with E-state index in [2.05, 4.69) is 5.32 Å². The smallest absolute Gasteiger partial charge is 0.339 e. The molecule has 0 heterocycles. The summed E-state index contributed by atoms with van der Waals surface area (Å²) < 4.78 is 28.7. The summed E-state index contributed by atoms with van der Waals surface area (Å²) in [7, 11) is -3.59. The van der Waals surface area contributed by atoms with Gasteiger partial charge >= 0.3 is 5.97 Å². The lowest BCUT2D eigenvalue weighted by atomic mass is 10.00. The molecule has 29 heavy (non-hydrogen) atoms. The van der Waals surface area contributed by atoms with Crippen molar-refractivity contribution in [2.75, 3.05) is 12.9 Å². The van der Waals surface area contributed by atoms with Crippen LogP contribution in [0.2, 0.25) is 0 Å². The second-order valence-electron chi connectivity index (χ2n) is 6.70. The first-order chi connectivity index (χ1) is 13.8. The number of sulfone groups is 1. The topological polar surface area (TPSA) is 89.5 Å². The second kappa shape index (κ2) is 8.45. The lowest BCUT2D eigenvalue weighted by Gasteiger charge is -2.17. The number of ether oxygens (including phenoxy) is 1. The molecular weight excluding hydrogens is 390 g/mol. The van der Waals surface area contributed by atoms with Crippen molar-refractivity contribution in [2.24, 2.45) is 0 Å². The molecule has 0 unspecified atom stereocenters. The zero-order valence-corrected chi connectivity index (χ0v) is 16.9. The van der Waals surface area contributed by atoms with E-state index in [1.54, 1.807) is 0 Å². The molecule has 0 aliphatic rings. The van der Waals surface area contributed by atoms with Gasteiger partial charge in [0.05, 0.1) is 16.5 Å². The van der Waals surface area contributed by atoms with Crippen molar-refractivity contribution >= 4 is 32.5 Å². The van der Waals surface area contributed by atoms with E-state index >= 15 is 0 Å². The number of hydrogen-bond donors (Lipinski definition) is 1. The van der Waals surface area contributed by atoms with Crippen molar-refractivity contribution < 1.29 is 22.7 Å². The fourth-order valence-corrected chi connectivity index (χ4v) is 4.03. The number of rotatable bonds is 6. The first-order valence-corrected chi connectivity index (χ1v) is 10.9. The van der Waals surface area contributed by atoms with E-state index in [1.807, 2.05) is 49.4 Å². The quantitative estimate of drug-likeness (QED) is 0.629. The number of fused-ring (bicyclic) bond motifs is 1. The van der Waals surface area contributed by atoms with Crippen molar-refractivity contribution in [3.8, 4) is 0 Å². The van der Waals surface area contributed by atoms with Gasteiger partial charge in [-0.1, -0.05) is 54.6 Å². The fraction of sp³-hybridized carbons (Fsp3) is 0.182. The van der Waals surface area contributed by atoms with Gasteiger partial charge in [0.1, 0.15) is 0 Å². The summed E-state index contributed by atoms with van der Waals surface area (Å²) >= 11 is 0. The molecule has 1 amide bonds. The summed E-state index contributed by atoms with van der Waals surface area (Å²) in [6.07, 6.45) is 1.01. The first-order valence-electron chi connectivity index (χ1n) is 9.00. The Morgan fingerprint density at radius 1 is 0.966 bits per heavy atom. The van der Waals surface area contributed by atoms with Crippen LogP contribution >= 0.6 is 0 Å². The molecule has 0 fully saturated rings. The Balaban J connectivity index is 1.67. The standard InChI is InChI=1S/C22H21NO5S/c1-15(17-12-7-9-16-8-3-4-10-18(16)17)23-21(24)14-28-22(25)19-11-5-6-13-20(19)29(2,26)27/h3-13,15H,14H2,1-2H3,(H,23,24)/t15-/m1/s1. The van der Waals surface area contributed by atoms with Crippen LogP contribution in [0.15, 0.2) is 71.6 Å². The van der Waals surface area contributed by atoms with Crippen LogP contribution < -0.4 is 5.32 Å². The van der Waals surface area contributed by atoms with E-state index in [4.69, 9.17) is 4.74 Å². The summed E-state index contributed by atoms with van der Waals surface area (Å²) in [5.41, 5.74) is 0.857. The van der Waals surface area contributed by atoms with Gasteiger partial charge in [0.15, 0.2) is 16.4 Å². The number of amides is 1. The Labute approximate surface area is 169 Å². The summed E-state index contributed by atoms with van der Waals surface area (Å²) in [6.45, 7) is 1.34. The van der Waals surface area contributed by atoms with Crippen LogP contribution in [-0.2, 0) is 19.4 Å². The van der Waals surface area contributed by atoms with Gasteiger partial charge in [-0.15, -0.1) is 0 Å². The SMILES string of the molecule is C[C@@H](NC(=O)COC(=O)c1ccccc1S(C)(=O)=O)c1cccc2ccccc12. The maximum atomic E-state index is 12.3. The maximum Gasteiger partial charge on any atom is 0.339 e. The van der Waals surface area contributed by atoms with E-state index in [1.165, 1.54) is 24.3 Å². The van der Waals surface area contributed by atoms with Gasteiger partial charge in [0.2, 0.25) is 0 Å². The lowest BCUT2D eigenvalue weighted by molar-refractivity contribution is -0.124. The van der Waals surface area contributed by atoms with Crippen molar-refractivity contribution in [1.29, 1.82) is 0 Å². The number of benzene rings is 3. The lowest BCUT2D eigenvalue weighted by Crippen LogP contribution is -2.31. The highest BCUT2D eigenvalue weighted by atomic mass is 32.2. The van der Waals surface area contributed by atoms with Gasteiger partial charge in [-0.2, -0.15) is 0 Å². The third-order valence-corrected chi connectivity index (χ3v) is 5.66. The molecule has 1 N–H and O–H groups in total. The minimum absolute atomic E-state index is 0.0927. The van der Waals surface area contributed by atoms with E-state index < -0.39 is 28.3 Å². The molecule has 150 valence electrons. The van der Waals surface area contributed by atoms with Gasteiger partial charge in [-0.05, 0) is 35.4 Å². The highest BCUT2D eigenvalue weighted by molar-refractivity contribution is 7.90. The van der Waals surface area contributed by atoms with Crippen molar-refractivity contribution in [3.63, 3.8) is 0 Å². The molecule has 0 aromatic heterocycles. The molecule has 0 aliphatic heterocycles. The molecule has 0 radical (unpaired) electrons. The van der Waals surface area contributed by atoms with Crippen LogP contribution in [0.1, 0.15) is 28.9 Å². The normalized spacial score (nSPS) is 12.3. The number of esters is 1. The largest absolute Gasteiger partial charge is 0.452 e. The van der Waals surface area contributed by atoms with Gasteiger partial charge in [0, 0.05) is 6.26 Å². The van der Waals surface area contributed by atoms with Gasteiger partial charge in [-0.3, -0.25) is 4.79 Å². The van der Waals surface area contributed by atoms with Crippen LogP contribution in [-0.4, -0.2) is 33.2 Å². The van der Waals surface area contributed by atoms with Crippen molar-refractivity contribution in [3.05, 3.63) is 77.9 Å². The Morgan fingerprint density at radius 2 is 1.62 bits per heavy atom. The second-order valence-corrected chi connectivity index (χ2v) is 8.69. The predicted molar refractivity (Wildman–Crippen MR) is 110 cm³/mol. The predicted octanol–water partition coefficient (Wildman–Crippen LogP) is 3.28. The van der Waals surface area contributed by atoms with Crippen molar-refractivity contribution in [1.82, 2.24) is 5.32 Å². The summed E-state index contributed by atoms with van der Waals surface area (Å²) in [4.78, 5) is 24.4. The van der Waals surface area contributed by atoms with Crippen LogP contribution in [0, 0.1) is 0 Å². The van der Waals surface area contributed by atoms with E-state index in [0.29, 0.717) is 0 Å². The van der Waals surface area contributed by atoms with Crippen LogP contribution in [0.3, 0.4) is 0 Å². The molecule has 3 rings (SSSR count). The molecule has 0 spiro atoms. The molecular formula is C22H21NO5S. The first kappa shape index (κ1) is 20.5. The maximum absolute atomic E-state index is 12.3. The zero-order chi connectivity index (χ0) is 21.0. The number of nitrogens with one attached hydrogen (secondary N) is 1. The summed E-state index contributed by atoms with van der Waals surface area (Å²) in [5, 5.41) is 4.90. The molecule has 7 heteroatoms. The number of carbonyl (C=O) groups is 2. The van der Waals surface area contributed by atoms with Gasteiger partial charge < -0.3 is 10.1 Å². The molecule has 3 aromatic rings. The van der Waals surface area contributed by atoms with Crippen LogP contribution in [0.25, 0.3) is 10.8 Å². The Kier molecular flexibility index (Phi) is 5.98. The monoisotopic (exact) mass is 411 g/mol. The molecule has 0 saturated heterocycles. The van der Waals surface area contributed by atoms with E-state index in [-0.39, 0.29) is 16.5 Å². The van der Waals surface area contributed by atoms with Crippen LogP contribution in [0.5, 0.6) is 0 Å². The minimum Gasteiger partial charge on any atom is -0.452 e. The van der Waals surface area contributed by atoms with Gasteiger partial charge in [-0.25, -0.2) is 13.2 Å². The third-order valence-electron chi connectivity index (χ3n) is 4.51. The van der Waals surface area contributed by atoms with E-state index in [0.717, 1.165) is 22.6 Å². The Hall–Kier alpha value is -3.19. The van der Waals surface area contributed by atoms with E-state index in [9.17, 15) is 18.0 Å². The molecule has 3 aromatic carbocycles. The Morgan fingerprint density at radius 3 is 2.38 bits per heavy atom. The number of carbonyl (C=O) groups excluding carboxylic acids is 2. The molecule has 0 bridgehead atoms. The average molecular weight is 411 g/mol. The summed E-state index contributed by atoms with van der Waals surface area (Å²) in [6, 6.07) is 19.1. The average Bonchev–Trinajstić information content (AvgIpc) is 2.71. The third kappa shape index (κ3) is 4.81. The molecule has 0 saturated carbocycles. The van der Waals surface area contributed by atoms with Crippen molar-refractivity contribution in [2.45, 2.75) is 17.9 Å². The fourth-order valence-electron chi connectivity index (χ4n) is 3.16. The molecule has 0 aliphatic carbocycles. The Bertz CT molecular complexity index is 1170. The highest BCUT2D eigenvalue weighted by Crippen LogP contribution is 2.24. The molecule has 1 atom stereocenters. The number of hydrogen-bond acceptors (Lipinski definition) is 5. The van der Waals surface area contributed by atoms with Gasteiger partial charge in [0.25, 0.3) is 5.91 Å².